The van der Waals surface area contributed by atoms with Gasteiger partial charge < -0.3 is 10.1 Å². The number of aryl methyl sites for hydroxylation is 1. The van der Waals surface area contributed by atoms with Crippen molar-refractivity contribution in [3.8, 4) is 17.3 Å². The van der Waals surface area contributed by atoms with E-state index in [2.05, 4.69) is 27.6 Å². The summed E-state index contributed by atoms with van der Waals surface area (Å²) >= 11 is 1.65. The number of fused-ring (bicyclic) bond motifs is 1. The van der Waals surface area contributed by atoms with Crippen LogP contribution < -0.4 is 10.1 Å². The molecule has 1 saturated heterocycles. The van der Waals surface area contributed by atoms with Crippen molar-refractivity contribution in [2.75, 3.05) is 13.1 Å². The van der Waals surface area contributed by atoms with E-state index in [4.69, 9.17) is 9.72 Å². The first kappa shape index (κ1) is 13.6. The minimum absolute atomic E-state index is 0.186. The molecular weight excluding hydrogens is 296 g/mol. The number of rotatable bonds is 3. The van der Waals surface area contributed by atoms with E-state index in [0.717, 1.165) is 40.9 Å². The molecule has 1 atom stereocenters. The smallest absolute Gasteiger partial charge is 0.235 e. The highest BCUT2D eigenvalue weighted by molar-refractivity contribution is 7.17. The van der Waals surface area contributed by atoms with Gasteiger partial charge in [-0.3, -0.25) is 4.98 Å². The molecule has 1 aliphatic heterocycles. The van der Waals surface area contributed by atoms with Crippen molar-refractivity contribution in [2.45, 2.75) is 19.4 Å². The summed E-state index contributed by atoms with van der Waals surface area (Å²) in [5.41, 5.74) is 3.09. The Morgan fingerprint density at radius 3 is 2.91 bits per heavy atom. The number of thiophene rings is 1. The van der Waals surface area contributed by atoms with Crippen molar-refractivity contribution in [1.82, 2.24) is 20.3 Å². The summed E-state index contributed by atoms with van der Waals surface area (Å²) in [6.45, 7) is 3.95. The average molecular weight is 312 g/mol. The van der Waals surface area contributed by atoms with Crippen molar-refractivity contribution in [3.05, 3.63) is 35.5 Å². The van der Waals surface area contributed by atoms with Gasteiger partial charge in [0.15, 0.2) is 5.82 Å². The molecule has 0 radical (unpaired) electrons. The summed E-state index contributed by atoms with van der Waals surface area (Å²) in [5.74, 6) is 1.39. The predicted octanol–water partition coefficient (Wildman–Crippen LogP) is 2.80. The number of aromatic nitrogens is 3. The Bertz CT molecular complexity index is 797. The van der Waals surface area contributed by atoms with Crippen LogP contribution >= 0.6 is 11.3 Å². The van der Waals surface area contributed by atoms with Crippen molar-refractivity contribution >= 4 is 21.6 Å². The number of nitrogens with zero attached hydrogens (tertiary/aromatic N) is 3. The molecule has 3 aromatic heterocycles. The lowest BCUT2D eigenvalue weighted by Gasteiger charge is -2.13. The average Bonchev–Trinajstić information content (AvgIpc) is 3.19. The Kier molecular flexibility index (Phi) is 3.48. The molecule has 22 heavy (non-hydrogen) atoms. The summed E-state index contributed by atoms with van der Waals surface area (Å²) in [5, 5.41) is 5.43. The third kappa shape index (κ3) is 2.44. The molecule has 0 aromatic carbocycles. The Labute approximate surface area is 132 Å². The highest BCUT2D eigenvalue weighted by Crippen LogP contribution is 2.34. The van der Waals surface area contributed by atoms with E-state index in [1.165, 1.54) is 0 Å². The van der Waals surface area contributed by atoms with E-state index in [1.54, 1.807) is 23.7 Å². The van der Waals surface area contributed by atoms with Gasteiger partial charge in [0.1, 0.15) is 10.8 Å². The lowest BCUT2D eigenvalue weighted by Crippen LogP contribution is -2.20. The van der Waals surface area contributed by atoms with Crippen LogP contribution in [0.2, 0.25) is 0 Å². The van der Waals surface area contributed by atoms with Gasteiger partial charge >= 0.3 is 0 Å². The van der Waals surface area contributed by atoms with Gasteiger partial charge in [0.2, 0.25) is 5.88 Å². The summed E-state index contributed by atoms with van der Waals surface area (Å²) in [6.07, 6.45) is 4.71. The Balaban J connectivity index is 1.82. The van der Waals surface area contributed by atoms with Crippen molar-refractivity contribution in [2.24, 2.45) is 0 Å². The first-order valence-corrected chi connectivity index (χ1v) is 8.23. The van der Waals surface area contributed by atoms with Gasteiger partial charge in [-0.05, 0) is 43.0 Å². The second-order valence-electron chi connectivity index (χ2n) is 5.42. The standard InChI is InChI=1S/C16H16N4OS/c1-10-9-22-14-13(10)19-15(11-2-5-17-6-3-11)20-16(14)21-12-4-7-18-8-12/h2-3,5-6,9,12,18H,4,7-8H2,1H3. The maximum Gasteiger partial charge on any atom is 0.235 e. The summed E-state index contributed by atoms with van der Waals surface area (Å²) in [4.78, 5) is 13.4. The monoisotopic (exact) mass is 312 g/mol. The molecule has 4 rings (SSSR count). The zero-order valence-corrected chi connectivity index (χ0v) is 13.1. The topological polar surface area (TPSA) is 59.9 Å². The third-order valence-corrected chi connectivity index (χ3v) is 4.87. The van der Waals surface area contributed by atoms with E-state index in [9.17, 15) is 0 Å². The van der Waals surface area contributed by atoms with Crippen LogP contribution in [0.25, 0.3) is 21.6 Å². The van der Waals surface area contributed by atoms with E-state index < -0.39 is 0 Å². The van der Waals surface area contributed by atoms with Gasteiger partial charge in [0.25, 0.3) is 0 Å². The lowest BCUT2D eigenvalue weighted by atomic mass is 10.2. The summed E-state index contributed by atoms with van der Waals surface area (Å²) < 4.78 is 7.18. The van der Waals surface area contributed by atoms with Crippen LogP contribution in [-0.2, 0) is 0 Å². The second-order valence-corrected chi connectivity index (χ2v) is 6.30. The molecule has 0 aliphatic carbocycles. The molecule has 4 heterocycles. The predicted molar refractivity (Wildman–Crippen MR) is 87.3 cm³/mol. The van der Waals surface area contributed by atoms with Crippen LogP contribution in [0, 0.1) is 6.92 Å². The van der Waals surface area contributed by atoms with Gasteiger partial charge in [-0.15, -0.1) is 11.3 Å². The molecule has 1 aliphatic rings. The molecule has 5 nitrogen and oxygen atoms in total. The molecule has 1 fully saturated rings. The summed E-state index contributed by atoms with van der Waals surface area (Å²) in [6, 6.07) is 3.84. The van der Waals surface area contributed by atoms with E-state index >= 15 is 0 Å². The Hall–Kier alpha value is -2.05. The molecule has 0 amide bonds. The zero-order valence-electron chi connectivity index (χ0n) is 12.2. The van der Waals surface area contributed by atoms with Gasteiger partial charge in [0, 0.05) is 24.5 Å². The fraction of sp³-hybridized carbons (Fsp3) is 0.312. The highest BCUT2D eigenvalue weighted by Gasteiger charge is 2.20. The quantitative estimate of drug-likeness (QED) is 0.806. The van der Waals surface area contributed by atoms with Gasteiger partial charge in [-0.25, -0.2) is 4.98 Å². The summed E-state index contributed by atoms with van der Waals surface area (Å²) in [7, 11) is 0. The Morgan fingerprint density at radius 2 is 2.14 bits per heavy atom. The molecule has 0 bridgehead atoms. The van der Waals surface area contributed by atoms with E-state index in [0.29, 0.717) is 11.7 Å². The van der Waals surface area contributed by atoms with E-state index in [1.807, 2.05) is 12.1 Å². The molecule has 112 valence electrons. The van der Waals surface area contributed by atoms with Crippen LogP contribution in [0.1, 0.15) is 12.0 Å². The lowest BCUT2D eigenvalue weighted by molar-refractivity contribution is 0.217. The van der Waals surface area contributed by atoms with Crippen molar-refractivity contribution in [3.63, 3.8) is 0 Å². The molecular formula is C16H16N4OS. The molecule has 0 spiro atoms. The van der Waals surface area contributed by atoms with Gasteiger partial charge in [0.05, 0.1) is 5.52 Å². The molecule has 0 saturated carbocycles. The minimum Gasteiger partial charge on any atom is -0.472 e. The number of pyridine rings is 1. The number of hydrogen-bond acceptors (Lipinski definition) is 6. The van der Waals surface area contributed by atoms with Crippen LogP contribution in [0.15, 0.2) is 29.9 Å². The third-order valence-electron chi connectivity index (χ3n) is 3.79. The zero-order chi connectivity index (χ0) is 14.9. The maximum atomic E-state index is 6.15. The minimum atomic E-state index is 0.186. The van der Waals surface area contributed by atoms with Crippen molar-refractivity contribution in [1.29, 1.82) is 0 Å². The Morgan fingerprint density at radius 1 is 1.27 bits per heavy atom. The van der Waals surface area contributed by atoms with Crippen LogP contribution in [-0.4, -0.2) is 34.1 Å². The first-order chi connectivity index (χ1) is 10.8. The number of nitrogens with one attached hydrogen (secondary N) is 1. The van der Waals surface area contributed by atoms with Crippen LogP contribution in [0.4, 0.5) is 0 Å². The normalized spacial score (nSPS) is 18.0. The van der Waals surface area contributed by atoms with Crippen LogP contribution in [0.3, 0.4) is 0 Å². The van der Waals surface area contributed by atoms with Gasteiger partial charge in [-0.1, -0.05) is 0 Å². The first-order valence-electron chi connectivity index (χ1n) is 7.35. The van der Waals surface area contributed by atoms with Crippen LogP contribution in [0.5, 0.6) is 5.88 Å². The SMILES string of the molecule is Cc1csc2c(OC3CCNC3)nc(-c3ccncc3)nc12. The molecule has 6 heteroatoms. The maximum absolute atomic E-state index is 6.15. The number of ether oxygens (including phenoxy) is 1. The fourth-order valence-electron chi connectivity index (χ4n) is 2.60. The number of hydrogen-bond donors (Lipinski definition) is 1. The highest BCUT2D eigenvalue weighted by atomic mass is 32.1. The second kappa shape index (κ2) is 5.62. The molecule has 1 N–H and O–H groups in total. The fourth-order valence-corrected chi connectivity index (χ4v) is 3.52. The largest absolute Gasteiger partial charge is 0.472 e. The molecule has 1 unspecified atom stereocenters. The van der Waals surface area contributed by atoms with Gasteiger partial charge in [-0.2, -0.15) is 4.98 Å². The van der Waals surface area contributed by atoms with E-state index in [-0.39, 0.29) is 6.10 Å². The van der Waals surface area contributed by atoms with Crippen molar-refractivity contribution < 1.29 is 4.74 Å². The molecule has 3 aromatic rings.